The number of carbonyl (C=O) groups excluding carboxylic acids is 1. The summed E-state index contributed by atoms with van der Waals surface area (Å²) in [6, 6.07) is 10.4. The van der Waals surface area contributed by atoms with Crippen molar-refractivity contribution in [3.8, 4) is 17.1 Å². The van der Waals surface area contributed by atoms with Crippen LogP contribution in [0.3, 0.4) is 0 Å². The van der Waals surface area contributed by atoms with Crippen LogP contribution in [0, 0.1) is 0 Å². The molecular formula is C29H31F6N5O6. The Balaban J connectivity index is 0.000000345. The second-order valence-electron chi connectivity index (χ2n) is 10.3. The topological polar surface area (TPSA) is 149 Å². The molecule has 2 aliphatic heterocycles. The molecule has 250 valence electrons. The summed E-state index contributed by atoms with van der Waals surface area (Å²) in [5, 5.41) is 22.2. The fourth-order valence-electron chi connectivity index (χ4n) is 4.89. The Kier molecular flexibility index (Phi) is 11.7. The lowest BCUT2D eigenvalue weighted by atomic mass is 9.96. The third kappa shape index (κ3) is 9.66. The Morgan fingerprint density at radius 3 is 2.20 bits per heavy atom. The van der Waals surface area contributed by atoms with Gasteiger partial charge in [-0.25, -0.2) is 14.6 Å². The number of benzene rings is 1. The van der Waals surface area contributed by atoms with Gasteiger partial charge in [-0.3, -0.25) is 14.8 Å². The molecule has 2 aliphatic rings. The van der Waals surface area contributed by atoms with Gasteiger partial charge >= 0.3 is 24.3 Å². The number of methoxy groups -OCH3 is 1. The molecule has 17 heteroatoms. The summed E-state index contributed by atoms with van der Waals surface area (Å²) in [7, 11) is 3.76. The number of H-pyrrole nitrogens is 1. The number of hydrogen-bond donors (Lipinski definition) is 3. The number of aryl methyl sites for hydroxylation is 1. The molecule has 4 heterocycles. The Morgan fingerprint density at radius 2 is 1.59 bits per heavy atom. The van der Waals surface area contributed by atoms with E-state index in [-0.39, 0.29) is 5.91 Å². The molecule has 2 aromatic heterocycles. The largest absolute Gasteiger partial charge is 0.490 e. The molecular weight excluding hydrogens is 628 g/mol. The van der Waals surface area contributed by atoms with E-state index in [0.29, 0.717) is 18.7 Å². The van der Waals surface area contributed by atoms with Crippen molar-refractivity contribution in [2.75, 3.05) is 27.2 Å². The van der Waals surface area contributed by atoms with Crippen LogP contribution in [0.1, 0.15) is 34.4 Å². The number of hydrogen-bond acceptors (Lipinski definition) is 7. The van der Waals surface area contributed by atoms with E-state index in [4.69, 9.17) is 29.6 Å². The zero-order valence-electron chi connectivity index (χ0n) is 24.7. The fourth-order valence-corrected chi connectivity index (χ4v) is 4.89. The van der Waals surface area contributed by atoms with Crippen LogP contribution in [0.2, 0.25) is 0 Å². The maximum absolute atomic E-state index is 12.9. The summed E-state index contributed by atoms with van der Waals surface area (Å²) in [6.45, 7) is 3.40. The molecule has 11 nitrogen and oxygen atoms in total. The number of aromatic amines is 1. The lowest BCUT2D eigenvalue weighted by Crippen LogP contribution is -2.33. The number of ether oxygens (including phenoxy) is 1. The predicted octanol–water partition coefficient (Wildman–Crippen LogP) is 4.25. The number of halogens is 6. The monoisotopic (exact) mass is 659 g/mol. The third-order valence-electron chi connectivity index (χ3n) is 7.09. The summed E-state index contributed by atoms with van der Waals surface area (Å²) >= 11 is 0. The number of aromatic nitrogens is 3. The summed E-state index contributed by atoms with van der Waals surface area (Å²) in [5.74, 6) is -4.73. The molecule has 0 unspecified atom stereocenters. The first-order valence-electron chi connectivity index (χ1n) is 13.7. The van der Waals surface area contributed by atoms with Crippen LogP contribution in [0.5, 0.6) is 5.88 Å². The van der Waals surface area contributed by atoms with Gasteiger partial charge in [0, 0.05) is 68.1 Å². The number of rotatable bonds is 5. The average molecular weight is 660 g/mol. The van der Waals surface area contributed by atoms with Crippen LogP contribution in [-0.4, -0.2) is 92.6 Å². The second kappa shape index (κ2) is 15.1. The molecule has 0 aliphatic carbocycles. The molecule has 0 atom stereocenters. The first-order chi connectivity index (χ1) is 21.5. The van der Waals surface area contributed by atoms with Gasteiger partial charge in [0.2, 0.25) is 11.8 Å². The summed E-state index contributed by atoms with van der Waals surface area (Å²) in [6.07, 6.45) is -5.62. The summed E-state index contributed by atoms with van der Waals surface area (Å²) in [4.78, 5) is 39.2. The number of nitrogens with one attached hydrogen (secondary N) is 1. The van der Waals surface area contributed by atoms with E-state index in [0.717, 1.165) is 56.0 Å². The zero-order valence-corrected chi connectivity index (χ0v) is 24.7. The Bertz CT molecular complexity index is 1520. The van der Waals surface area contributed by atoms with Crippen molar-refractivity contribution in [3.05, 3.63) is 64.5 Å². The SMILES string of the molecule is COc1cc(CCC(=O)N2CCc3[nH]nc(-c4cccc5c4CN(C)C5)c3CC2)ccn1.O=C(O)C(F)(F)F.O=C(O)C(F)(F)F. The van der Waals surface area contributed by atoms with Gasteiger partial charge < -0.3 is 19.8 Å². The molecule has 0 spiro atoms. The standard InChI is InChI=1S/C25H29N5O2.2C2HF3O2/c1-29-15-18-4-3-5-19(21(18)16-29)25-20-9-12-30(13-10-22(20)27-28-25)24(31)7-6-17-8-11-26-23(14-17)32-2;2*3-2(4,5)1(6)7/h3-5,8,11,14H,6-7,9-10,12-13,15-16H2,1-2H3,(H,27,28);2*(H,6,7). The van der Waals surface area contributed by atoms with Crippen molar-refractivity contribution >= 4 is 17.8 Å². The maximum Gasteiger partial charge on any atom is 0.490 e. The lowest BCUT2D eigenvalue weighted by Gasteiger charge is -2.20. The highest BCUT2D eigenvalue weighted by molar-refractivity contribution is 5.77. The van der Waals surface area contributed by atoms with Crippen molar-refractivity contribution in [1.82, 2.24) is 25.0 Å². The Labute approximate surface area is 258 Å². The van der Waals surface area contributed by atoms with Crippen LogP contribution in [0.4, 0.5) is 26.3 Å². The summed E-state index contributed by atoms with van der Waals surface area (Å²) in [5.41, 5.74) is 8.56. The van der Waals surface area contributed by atoms with Gasteiger partial charge in [-0.15, -0.1) is 0 Å². The molecule has 1 amide bonds. The van der Waals surface area contributed by atoms with E-state index in [9.17, 15) is 31.1 Å². The van der Waals surface area contributed by atoms with E-state index in [2.05, 4.69) is 40.2 Å². The van der Waals surface area contributed by atoms with E-state index in [1.807, 2.05) is 17.0 Å². The minimum absolute atomic E-state index is 0.197. The number of nitrogens with zero attached hydrogens (tertiary/aromatic N) is 4. The number of pyridine rings is 1. The molecule has 0 fully saturated rings. The molecule has 0 radical (unpaired) electrons. The minimum Gasteiger partial charge on any atom is -0.481 e. The van der Waals surface area contributed by atoms with E-state index < -0.39 is 24.3 Å². The van der Waals surface area contributed by atoms with Gasteiger partial charge in [0.1, 0.15) is 0 Å². The van der Waals surface area contributed by atoms with Crippen molar-refractivity contribution in [2.45, 2.75) is 51.1 Å². The van der Waals surface area contributed by atoms with Gasteiger partial charge in [0.05, 0.1) is 12.8 Å². The normalized spacial score (nSPS) is 14.5. The van der Waals surface area contributed by atoms with Crippen molar-refractivity contribution in [3.63, 3.8) is 0 Å². The number of fused-ring (bicyclic) bond motifs is 2. The van der Waals surface area contributed by atoms with Gasteiger partial charge in [-0.05, 0) is 42.6 Å². The molecule has 5 rings (SSSR count). The highest BCUT2D eigenvalue weighted by Crippen LogP contribution is 2.34. The van der Waals surface area contributed by atoms with Gasteiger partial charge in [0.25, 0.3) is 0 Å². The molecule has 46 heavy (non-hydrogen) atoms. The van der Waals surface area contributed by atoms with Gasteiger partial charge in [-0.2, -0.15) is 31.4 Å². The highest BCUT2D eigenvalue weighted by atomic mass is 19.4. The number of carbonyl (C=O) groups is 3. The first-order valence-corrected chi connectivity index (χ1v) is 13.7. The Morgan fingerprint density at radius 1 is 0.957 bits per heavy atom. The summed E-state index contributed by atoms with van der Waals surface area (Å²) < 4.78 is 68.7. The number of carboxylic acid groups (broad SMARTS) is 2. The minimum atomic E-state index is -5.08. The van der Waals surface area contributed by atoms with Crippen LogP contribution < -0.4 is 4.74 Å². The maximum atomic E-state index is 12.9. The number of amides is 1. The van der Waals surface area contributed by atoms with Crippen LogP contribution in [-0.2, 0) is 46.7 Å². The molecule has 0 bridgehead atoms. The zero-order chi connectivity index (χ0) is 34.2. The molecule has 0 saturated carbocycles. The average Bonchev–Trinajstić information content (AvgIpc) is 3.51. The fraction of sp³-hybridized carbons (Fsp3) is 0.414. The van der Waals surface area contributed by atoms with E-state index >= 15 is 0 Å². The molecule has 0 saturated heterocycles. The van der Waals surface area contributed by atoms with Crippen molar-refractivity contribution in [2.24, 2.45) is 0 Å². The van der Waals surface area contributed by atoms with Crippen LogP contribution >= 0.6 is 0 Å². The first kappa shape index (κ1) is 35.8. The molecule has 3 aromatic rings. The molecule has 3 N–H and O–H groups in total. The van der Waals surface area contributed by atoms with E-state index in [1.54, 1.807) is 13.3 Å². The highest BCUT2D eigenvalue weighted by Gasteiger charge is 2.39. The third-order valence-corrected chi connectivity index (χ3v) is 7.09. The quantitative estimate of drug-likeness (QED) is 0.342. The van der Waals surface area contributed by atoms with Gasteiger partial charge in [-0.1, -0.05) is 18.2 Å². The number of alkyl halides is 6. The smallest absolute Gasteiger partial charge is 0.481 e. The Hall–Kier alpha value is -4.67. The van der Waals surface area contributed by atoms with Gasteiger partial charge in [0.15, 0.2) is 0 Å². The van der Waals surface area contributed by atoms with E-state index in [1.165, 1.54) is 22.3 Å². The van der Waals surface area contributed by atoms with Crippen LogP contribution in [0.15, 0.2) is 36.5 Å². The van der Waals surface area contributed by atoms with Crippen molar-refractivity contribution < 1.29 is 55.7 Å². The predicted molar refractivity (Wildman–Crippen MR) is 150 cm³/mol. The lowest BCUT2D eigenvalue weighted by molar-refractivity contribution is -0.193. The second-order valence-corrected chi connectivity index (χ2v) is 10.3. The van der Waals surface area contributed by atoms with Crippen molar-refractivity contribution in [1.29, 1.82) is 0 Å². The number of aliphatic carboxylic acids is 2. The van der Waals surface area contributed by atoms with Crippen LogP contribution in [0.25, 0.3) is 11.3 Å². The molecule has 1 aromatic carbocycles. The number of carboxylic acids is 2.